The van der Waals surface area contributed by atoms with E-state index in [-0.39, 0.29) is 35.9 Å². The predicted octanol–water partition coefficient (Wildman–Crippen LogP) is -0.0765. The van der Waals surface area contributed by atoms with E-state index in [0.29, 0.717) is 12.8 Å². The molecule has 0 aromatic heterocycles. The maximum atomic E-state index is 12.1. The van der Waals surface area contributed by atoms with Gasteiger partial charge in [-0.2, -0.15) is 0 Å². The lowest BCUT2D eigenvalue weighted by Crippen LogP contribution is -2.43. The molecule has 3 rings (SSSR count). The van der Waals surface area contributed by atoms with Gasteiger partial charge >= 0.3 is 0 Å². The number of rotatable bonds is 5. The number of hydrogen-bond donors (Lipinski definition) is 2. The largest absolute Gasteiger partial charge is 0.387 e. The number of amides is 2. The lowest BCUT2D eigenvalue weighted by molar-refractivity contribution is -0.123. The highest BCUT2D eigenvalue weighted by atomic mass is 32.2. The van der Waals surface area contributed by atoms with Crippen LogP contribution in [0.2, 0.25) is 0 Å². The van der Waals surface area contributed by atoms with Crippen LogP contribution in [-0.4, -0.2) is 50.0 Å². The number of nitrogens with zero attached hydrogens (tertiary/aromatic N) is 1. The summed E-state index contributed by atoms with van der Waals surface area (Å²) in [4.78, 5) is 29.2. The van der Waals surface area contributed by atoms with Crippen LogP contribution in [0, 0.1) is 0 Å². The second kappa shape index (κ2) is 7.22. The van der Waals surface area contributed by atoms with Crippen molar-refractivity contribution in [3.63, 3.8) is 0 Å². The smallest absolute Gasteiger partial charge is 0.269 e. The Morgan fingerprint density at radius 3 is 2.68 bits per heavy atom. The summed E-state index contributed by atoms with van der Waals surface area (Å²) in [6, 6.07) is 9.05. The molecule has 2 aliphatic heterocycles. The number of benzene rings is 1. The van der Waals surface area contributed by atoms with Crippen LogP contribution in [0.1, 0.15) is 24.5 Å². The monoisotopic (exact) mass is 365 g/mol. The van der Waals surface area contributed by atoms with Crippen molar-refractivity contribution in [3.05, 3.63) is 35.9 Å². The average Bonchev–Trinajstić information content (AvgIpc) is 3.20. The van der Waals surface area contributed by atoms with Crippen LogP contribution in [-0.2, 0) is 24.3 Å². The number of sulfone groups is 1. The van der Waals surface area contributed by atoms with Gasteiger partial charge in [-0.25, -0.2) is 8.42 Å². The molecule has 25 heavy (non-hydrogen) atoms. The number of nitrogens with one attached hydrogen (secondary N) is 2. The van der Waals surface area contributed by atoms with Gasteiger partial charge in [0.1, 0.15) is 5.71 Å². The highest BCUT2D eigenvalue weighted by Crippen LogP contribution is 2.26. The first kappa shape index (κ1) is 17.4. The molecule has 8 nitrogen and oxygen atoms in total. The number of oxime groups is 1. The van der Waals surface area contributed by atoms with E-state index in [4.69, 9.17) is 4.84 Å². The Labute approximate surface area is 145 Å². The van der Waals surface area contributed by atoms with Gasteiger partial charge in [0.15, 0.2) is 15.9 Å². The van der Waals surface area contributed by atoms with Gasteiger partial charge in [0.2, 0.25) is 5.91 Å². The van der Waals surface area contributed by atoms with Crippen LogP contribution in [0.4, 0.5) is 0 Å². The van der Waals surface area contributed by atoms with Crippen LogP contribution in [0.3, 0.4) is 0 Å². The third-order valence-electron chi connectivity index (χ3n) is 4.11. The van der Waals surface area contributed by atoms with E-state index in [1.54, 1.807) is 0 Å². The van der Waals surface area contributed by atoms with Gasteiger partial charge in [-0.3, -0.25) is 9.59 Å². The summed E-state index contributed by atoms with van der Waals surface area (Å²) in [6.45, 7) is -0.232. The predicted molar refractivity (Wildman–Crippen MR) is 90.5 cm³/mol. The van der Waals surface area contributed by atoms with Crippen molar-refractivity contribution in [2.45, 2.75) is 25.0 Å². The Bertz CT molecular complexity index is 791. The van der Waals surface area contributed by atoms with Gasteiger partial charge in [-0.05, 0) is 12.0 Å². The van der Waals surface area contributed by atoms with Gasteiger partial charge in [0.25, 0.3) is 5.91 Å². The maximum Gasteiger partial charge on any atom is 0.269 e. The zero-order chi connectivity index (χ0) is 17.9. The molecule has 2 amide bonds. The van der Waals surface area contributed by atoms with Crippen molar-refractivity contribution in [3.8, 4) is 0 Å². The molecule has 0 saturated carbocycles. The minimum atomic E-state index is -3.06. The van der Waals surface area contributed by atoms with Crippen molar-refractivity contribution in [1.29, 1.82) is 0 Å². The van der Waals surface area contributed by atoms with Gasteiger partial charge in [-0.15, -0.1) is 0 Å². The zero-order valence-electron chi connectivity index (χ0n) is 13.5. The molecule has 2 heterocycles. The molecule has 0 bridgehead atoms. The quantitative estimate of drug-likeness (QED) is 0.758. The average molecular weight is 365 g/mol. The summed E-state index contributed by atoms with van der Waals surface area (Å²) in [7, 11) is -3.06. The first-order valence-electron chi connectivity index (χ1n) is 7.98. The topological polar surface area (TPSA) is 114 Å². The second-order valence-electron chi connectivity index (χ2n) is 6.10. The molecule has 2 aliphatic rings. The van der Waals surface area contributed by atoms with Crippen LogP contribution < -0.4 is 10.6 Å². The fourth-order valence-electron chi connectivity index (χ4n) is 2.81. The summed E-state index contributed by atoms with van der Waals surface area (Å²) in [6.07, 6.45) is 0.430. The van der Waals surface area contributed by atoms with Crippen molar-refractivity contribution >= 4 is 27.4 Å². The third kappa shape index (κ3) is 4.56. The standard InChI is InChI=1S/C16H19N3O5S/c20-15(18-12-6-7-25(22,23)10-12)9-17-16(21)13-8-14(24-19-13)11-4-2-1-3-5-11/h1-5,12,14H,6-10H2,(H,17,21)(H,18,20)/t12-,14+/m1/s1. The van der Waals surface area contributed by atoms with E-state index in [1.807, 2.05) is 30.3 Å². The van der Waals surface area contributed by atoms with E-state index < -0.39 is 21.7 Å². The van der Waals surface area contributed by atoms with Crippen molar-refractivity contribution in [2.24, 2.45) is 5.16 Å². The second-order valence-corrected chi connectivity index (χ2v) is 8.33. The molecule has 0 aliphatic carbocycles. The maximum absolute atomic E-state index is 12.1. The van der Waals surface area contributed by atoms with Gasteiger partial charge in [0.05, 0.1) is 18.1 Å². The molecule has 1 fully saturated rings. The molecule has 9 heteroatoms. The van der Waals surface area contributed by atoms with E-state index in [1.165, 1.54) is 0 Å². The molecule has 1 aromatic carbocycles. The van der Waals surface area contributed by atoms with E-state index in [9.17, 15) is 18.0 Å². The SMILES string of the molecule is O=C(CNC(=O)C1=NO[C@H](c2ccccc2)C1)N[C@@H]1CCS(=O)(=O)C1. The molecule has 0 spiro atoms. The minimum absolute atomic E-state index is 0.0496. The fraction of sp³-hybridized carbons (Fsp3) is 0.438. The Hall–Kier alpha value is -2.42. The molecule has 0 radical (unpaired) electrons. The molecule has 0 unspecified atom stereocenters. The summed E-state index contributed by atoms with van der Waals surface area (Å²) in [5.41, 5.74) is 1.15. The van der Waals surface area contributed by atoms with Crippen LogP contribution in [0.25, 0.3) is 0 Å². The number of hydrogen-bond acceptors (Lipinski definition) is 6. The van der Waals surface area contributed by atoms with Gasteiger partial charge < -0.3 is 15.5 Å². The first-order valence-corrected chi connectivity index (χ1v) is 9.81. The Balaban J connectivity index is 1.43. The first-order chi connectivity index (χ1) is 11.9. The van der Waals surface area contributed by atoms with Crippen LogP contribution >= 0.6 is 0 Å². The fourth-order valence-corrected chi connectivity index (χ4v) is 4.48. The summed E-state index contributed by atoms with van der Waals surface area (Å²) in [5, 5.41) is 8.88. The van der Waals surface area contributed by atoms with Crippen molar-refractivity contribution < 1.29 is 22.8 Å². The highest BCUT2D eigenvalue weighted by molar-refractivity contribution is 7.91. The van der Waals surface area contributed by atoms with Gasteiger partial charge in [0, 0.05) is 12.5 Å². The molecule has 1 aromatic rings. The lowest BCUT2D eigenvalue weighted by atomic mass is 10.0. The third-order valence-corrected chi connectivity index (χ3v) is 5.88. The lowest BCUT2D eigenvalue weighted by Gasteiger charge is -2.11. The summed E-state index contributed by atoms with van der Waals surface area (Å²) < 4.78 is 22.7. The number of carbonyl (C=O) groups excluding carboxylic acids is 2. The normalized spacial score (nSPS) is 24.2. The van der Waals surface area contributed by atoms with Crippen LogP contribution in [0.15, 0.2) is 35.5 Å². The summed E-state index contributed by atoms with van der Waals surface area (Å²) >= 11 is 0. The molecular weight excluding hydrogens is 346 g/mol. The van der Waals surface area contributed by atoms with E-state index in [0.717, 1.165) is 5.56 Å². The van der Waals surface area contributed by atoms with Crippen LogP contribution in [0.5, 0.6) is 0 Å². The number of carbonyl (C=O) groups is 2. The highest BCUT2D eigenvalue weighted by Gasteiger charge is 2.30. The Morgan fingerprint density at radius 2 is 2.00 bits per heavy atom. The van der Waals surface area contributed by atoms with Gasteiger partial charge in [-0.1, -0.05) is 35.5 Å². The zero-order valence-corrected chi connectivity index (χ0v) is 14.3. The Kier molecular flexibility index (Phi) is 5.03. The molecule has 2 atom stereocenters. The minimum Gasteiger partial charge on any atom is -0.387 e. The van der Waals surface area contributed by atoms with Crippen molar-refractivity contribution in [1.82, 2.24) is 10.6 Å². The van der Waals surface area contributed by atoms with E-state index in [2.05, 4.69) is 15.8 Å². The van der Waals surface area contributed by atoms with Crippen molar-refractivity contribution in [2.75, 3.05) is 18.1 Å². The Morgan fingerprint density at radius 1 is 1.24 bits per heavy atom. The molecule has 134 valence electrons. The summed E-state index contributed by atoms with van der Waals surface area (Å²) in [5.74, 6) is -0.854. The molecular formula is C16H19N3O5S. The molecule has 2 N–H and O–H groups in total. The van der Waals surface area contributed by atoms with E-state index >= 15 is 0 Å². The molecule has 1 saturated heterocycles.